The number of rotatable bonds is 4. The Labute approximate surface area is 51.9 Å². The lowest BCUT2D eigenvalue weighted by atomic mass is 10.4. The van der Waals surface area contributed by atoms with Crippen molar-refractivity contribution in [3.05, 3.63) is 0 Å². The van der Waals surface area contributed by atoms with Crippen LogP contribution in [0.5, 0.6) is 0 Å². The van der Waals surface area contributed by atoms with Gasteiger partial charge in [-0.1, -0.05) is 0 Å². The Morgan fingerprint density at radius 1 is 1.38 bits per heavy atom. The van der Waals surface area contributed by atoms with Gasteiger partial charge >= 0.3 is 0 Å². The highest BCUT2D eigenvalue weighted by molar-refractivity contribution is 4.39. The van der Waals surface area contributed by atoms with E-state index in [-0.39, 0.29) is 0 Å². The Bertz CT molecular complexity index is 43.8. The molecular formula is C6H17N2+. The molecule has 8 heavy (non-hydrogen) atoms. The van der Waals surface area contributed by atoms with E-state index in [9.17, 15) is 0 Å². The summed E-state index contributed by atoms with van der Waals surface area (Å²) < 4.78 is 0. The molecule has 0 aliphatic carbocycles. The van der Waals surface area contributed by atoms with E-state index in [0.717, 1.165) is 0 Å². The van der Waals surface area contributed by atoms with E-state index in [1.165, 1.54) is 19.5 Å². The zero-order chi connectivity index (χ0) is 6.41. The smallest absolute Gasteiger partial charge is 0.0765 e. The normalized spacial score (nSPS) is 10.5. The van der Waals surface area contributed by atoms with E-state index in [2.05, 4.69) is 31.4 Å². The summed E-state index contributed by atoms with van der Waals surface area (Å²) in [6.45, 7) is 2.46. The van der Waals surface area contributed by atoms with Crippen LogP contribution in [-0.2, 0) is 0 Å². The van der Waals surface area contributed by atoms with E-state index in [1.54, 1.807) is 0 Å². The van der Waals surface area contributed by atoms with Gasteiger partial charge in [0.25, 0.3) is 0 Å². The highest BCUT2D eigenvalue weighted by atomic mass is 15.0. The van der Waals surface area contributed by atoms with Gasteiger partial charge in [-0.05, 0) is 14.1 Å². The highest BCUT2D eigenvalue weighted by Gasteiger charge is 1.88. The van der Waals surface area contributed by atoms with Crippen LogP contribution in [0.1, 0.15) is 6.42 Å². The lowest BCUT2D eigenvalue weighted by molar-refractivity contribution is -0.627. The van der Waals surface area contributed by atoms with Crippen LogP contribution in [0.15, 0.2) is 0 Å². The highest BCUT2D eigenvalue weighted by Crippen LogP contribution is 1.76. The number of quaternary nitrogens is 1. The van der Waals surface area contributed by atoms with Crippen molar-refractivity contribution in [1.29, 1.82) is 0 Å². The molecule has 0 aliphatic heterocycles. The largest absolute Gasteiger partial charge is 0.349 e. The summed E-state index contributed by atoms with van der Waals surface area (Å²) in [6, 6.07) is 0. The molecule has 0 heterocycles. The Balaban J connectivity index is 2.72. The predicted octanol–water partition coefficient (Wildman–Crippen LogP) is -0.869. The summed E-state index contributed by atoms with van der Waals surface area (Å²) >= 11 is 0. The third kappa shape index (κ3) is 5.92. The maximum absolute atomic E-state index is 2.21. The number of nitrogens with two attached hydrogens (primary N) is 1. The van der Waals surface area contributed by atoms with Crippen molar-refractivity contribution in [2.75, 3.05) is 34.2 Å². The third-order valence-electron chi connectivity index (χ3n) is 1.10. The number of hydrogen-bond donors (Lipinski definition) is 1. The maximum Gasteiger partial charge on any atom is 0.0765 e. The first-order valence-electron chi connectivity index (χ1n) is 3.20. The minimum Gasteiger partial charge on any atom is -0.349 e. The minimum atomic E-state index is 1.21. The van der Waals surface area contributed by atoms with Crippen LogP contribution in [0, 0.1) is 0 Å². The van der Waals surface area contributed by atoms with Crippen molar-refractivity contribution >= 4 is 0 Å². The average molecular weight is 117 g/mol. The monoisotopic (exact) mass is 117 g/mol. The van der Waals surface area contributed by atoms with E-state index in [1.807, 2.05) is 0 Å². The molecule has 0 aromatic carbocycles. The van der Waals surface area contributed by atoms with E-state index < -0.39 is 0 Å². The summed E-state index contributed by atoms with van der Waals surface area (Å²) in [6.07, 6.45) is 1.30. The second-order valence-corrected chi connectivity index (χ2v) is 2.35. The Hall–Kier alpha value is -0.0800. The molecule has 0 saturated heterocycles. The van der Waals surface area contributed by atoms with Gasteiger partial charge in [0.2, 0.25) is 0 Å². The summed E-state index contributed by atoms with van der Waals surface area (Å²) in [5.41, 5.74) is 0. The van der Waals surface area contributed by atoms with E-state index in [0.29, 0.717) is 0 Å². The molecule has 0 aliphatic rings. The van der Waals surface area contributed by atoms with Gasteiger partial charge in [-0.3, -0.25) is 0 Å². The van der Waals surface area contributed by atoms with Gasteiger partial charge in [-0.15, -0.1) is 0 Å². The van der Waals surface area contributed by atoms with Crippen LogP contribution in [-0.4, -0.2) is 39.1 Å². The molecule has 0 spiro atoms. The molecule has 2 heteroatoms. The first-order chi connectivity index (χ1) is 3.77. The molecule has 0 rings (SSSR count). The predicted molar refractivity (Wildman–Crippen MR) is 35.9 cm³/mol. The summed E-state index contributed by atoms with van der Waals surface area (Å²) in [7, 11) is 6.32. The molecule has 0 radical (unpaired) electrons. The van der Waals surface area contributed by atoms with Crippen molar-refractivity contribution in [2.24, 2.45) is 0 Å². The fraction of sp³-hybridized carbons (Fsp3) is 1.00. The molecule has 50 valence electrons. The summed E-state index contributed by atoms with van der Waals surface area (Å²) in [4.78, 5) is 2.21. The Morgan fingerprint density at radius 3 is 2.38 bits per heavy atom. The Kier molecular flexibility index (Phi) is 5.01. The lowest BCUT2D eigenvalue weighted by Crippen LogP contribution is -2.79. The topological polar surface area (TPSA) is 19.9 Å². The standard InChI is InChI=1S/C6H16N2/c1-7-5-4-6-8(2)3/h7H,4-6H2,1-3H3/p+1. The molecule has 0 aromatic heterocycles. The van der Waals surface area contributed by atoms with Crippen molar-refractivity contribution < 1.29 is 5.32 Å². The van der Waals surface area contributed by atoms with Crippen molar-refractivity contribution in [1.82, 2.24) is 4.90 Å². The van der Waals surface area contributed by atoms with Gasteiger partial charge in [-0.2, -0.15) is 0 Å². The van der Waals surface area contributed by atoms with Crippen molar-refractivity contribution in [3.8, 4) is 0 Å². The molecule has 0 unspecified atom stereocenters. The van der Waals surface area contributed by atoms with Crippen LogP contribution >= 0.6 is 0 Å². The fourth-order valence-electron chi connectivity index (χ4n) is 0.612. The van der Waals surface area contributed by atoms with Gasteiger partial charge in [0.15, 0.2) is 0 Å². The molecule has 0 bridgehead atoms. The van der Waals surface area contributed by atoms with Crippen LogP contribution in [0.4, 0.5) is 0 Å². The number of nitrogens with zero attached hydrogens (tertiary/aromatic N) is 1. The van der Waals surface area contributed by atoms with Crippen LogP contribution < -0.4 is 5.32 Å². The maximum atomic E-state index is 2.21. The first-order valence-corrected chi connectivity index (χ1v) is 3.20. The Morgan fingerprint density at radius 2 is 2.00 bits per heavy atom. The van der Waals surface area contributed by atoms with Crippen molar-refractivity contribution in [2.45, 2.75) is 6.42 Å². The average Bonchev–Trinajstić information content (AvgIpc) is 1.66. The van der Waals surface area contributed by atoms with Crippen LogP contribution in [0.2, 0.25) is 0 Å². The zero-order valence-corrected chi connectivity index (χ0v) is 6.15. The molecule has 2 N–H and O–H groups in total. The van der Waals surface area contributed by atoms with Crippen molar-refractivity contribution in [3.63, 3.8) is 0 Å². The second-order valence-electron chi connectivity index (χ2n) is 2.35. The molecule has 0 aromatic rings. The SMILES string of the molecule is C[NH2+]CCCN(C)C. The molecule has 0 atom stereocenters. The van der Waals surface area contributed by atoms with Gasteiger partial charge < -0.3 is 10.2 Å². The fourth-order valence-corrected chi connectivity index (χ4v) is 0.612. The summed E-state index contributed by atoms with van der Waals surface area (Å²) in [5, 5.41) is 2.21. The van der Waals surface area contributed by atoms with Gasteiger partial charge in [0.05, 0.1) is 13.6 Å². The molecular weight excluding hydrogens is 100 g/mol. The zero-order valence-electron chi connectivity index (χ0n) is 6.15. The quantitative estimate of drug-likeness (QED) is 0.475. The van der Waals surface area contributed by atoms with Gasteiger partial charge in [0, 0.05) is 13.0 Å². The first kappa shape index (κ1) is 7.92. The molecule has 0 fully saturated rings. The molecule has 2 nitrogen and oxygen atoms in total. The molecule has 0 saturated carbocycles. The second kappa shape index (κ2) is 5.06. The number of hydrogen-bond acceptors (Lipinski definition) is 1. The van der Waals surface area contributed by atoms with Crippen LogP contribution in [0.25, 0.3) is 0 Å². The molecule has 0 amide bonds. The lowest BCUT2D eigenvalue weighted by Gasteiger charge is -2.06. The third-order valence-corrected chi connectivity index (χ3v) is 1.10. The minimum absolute atomic E-state index is 1.21. The van der Waals surface area contributed by atoms with Gasteiger partial charge in [-0.25, -0.2) is 0 Å². The summed E-state index contributed by atoms with van der Waals surface area (Å²) in [5.74, 6) is 0. The van der Waals surface area contributed by atoms with Crippen LogP contribution in [0.3, 0.4) is 0 Å². The van der Waals surface area contributed by atoms with Gasteiger partial charge in [0.1, 0.15) is 0 Å². The van der Waals surface area contributed by atoms with E-state index in [4.69, 9.17) is 0 Å². The van der Waals surface area contributed by atoms with E-state index >= 15 is 0 Å².